The van der Waals surface area contributed by atoms with Crippen molar-refractivity contribution < 1.29 is 15.0 Å². The lowest BCUT2D eigenvalue weighted by Crippen LogP contribution is -2.01. The van der Waals surface area contributed by atoms with Crippen molar-refractivity contribution in [3.05, 3.63) is 70.8 Å². The number of carbonyl (C=O) groups excluding carboxylic acids is 1. The normalized spacial score (nSPS) is 11.3. The smallest absolute Gasteiger partial charge is 0.233 e. The molecule has 99 valence electrons. The Morgan fingerprint density at radius 2 is 1.30 bits per heavy atom. The van der Waals surface area contributed by atoms with Gasteiger partial charge in [-0.2, -0.15) is 0 Å². The maximum atomic E-state index is 10.4. The van der Waals surface area contributed by atoms with E-state index in [0.717, 1.165) is 11.1 Å². The molecule has 0 aliphatic carbocycles. The number of aliphatic hydroxyl groups excluding tert-OH is 2. The van der Waals surface area contributed by atoms with E-state index < -0.39 is 6.10 Å². The van der Waals surface area contributed by atoms with Gasteiger partial charge in [-0.15, -0.1) is 0 Å². The van der Waals surface area contributed by atoms with E-state index in [1.807, 2.05) is 6.29 Å². The zero-order chi connectivity index (χ0) is 14.4. The highest BCUT2D eigenvalue weighted by atomic mass is 16.3. The number of hydrogen-bond donors (Lipinski definition) is 2. The molecule has 2 N–H and O–H groups in total. The summed E-state index contributed by atoms with van der Waals surface area (Å²) < 4.78 is 0. The highest BCUT2D eigenvalue weighted by Crippen LogP contribution is 2.12. The molecule has 0 aromatic heterocycles. The van der Waals surface area contributed by atoms with Crippen LogP contribution in [-0.4, -0.2) is 23.1 Å². The molecule has 2 aromatic rings. The average Bonchev–Trinajstić information content (AvgIpc) is 2.53. The van der Waals surface area contributed by atoms with Crippen LogP contribution in [0.15, 0.2) is 48.5 Å². The first-order chi connectivity index (χ1) is 9.72. The zero-order valence-electron chi connectivity index (χ0n) is 10.7. The molecular formula is C17H13O3. The minimum absolute atomic E-state index is 0.300. The van der Waals surface area contributed by atoms with Crippen molar-refractivity contribution in [2.45, 2.75) is 6.10 Å². The molecule has 0 spiro atoms. The van der Waals surface area contributed by atoms with E-state index in [9.17, 15) is 9.90 Å². The molecule has 2 aromatic carbocycles. The lowest BCUT2D eigenvalue weighted by molar-refractivity contribution is 0.0956. The van der Waals surface area contributed by atoms with Crippen LogP contribution in [0.1, 0.15) is 28.4 Å². The third kappa shape index (κ3) is 3.55. The highest BCUT2D eigenvalue weighted by molar-refractivity contribution is 5.75. The quantitative estimate of drug-likeness (QED) is 0.828. The molecule has 0 aliphatic heterocycles. The van der Waals surface area contributed by atoms with Crippen LogP contribution < -0.4 is 0 Å². The number of rotatable bonds is 3. The van der Waals surface area contributed by atoms with Gasteiger partial charge in [0, 0.05) is 16.7 Å². The van der Waals surface area contributed by atoms with Gasteiger partial charge in [0.25, 0.3) is 0 Å². The lowest BCUT2D eigenvalue weighted by atomic mass is 10.1. The zero-order valence-corrected chi connectivity index (χ0v) is 10.7. The molecule has 1 atom stereocenters. The summed E-state index contributed by atoms with van der Waals surface area (Å²) in [4.78, 5) is 10.4. The van der Waals surface area contributed by atoms with Gasteiger partial charge in [-0.1, -0.05) is 24.0 Å². The molecule has 0 aliphatic rings. The van der Waals surface area contributed by atoms with E-state index in [1.165, 1.54) is 0 Å². The molecule has 0 fully saturated rings. The summed E-state index contributed by atoms with van der Waals surface area (Å²) in [6, 6.07) is 13.9. The van der Waals surface area contributed by atoms with E-state index in [4.69, 9.17) is 5.11 Å². The molecule has 3 nitrogen and oxygen atoms in total. The van der Waals surface area contributed by atoms with Gasteiger partial charge in [0.1, 0.15) is 6.10 Å². The molecule has 0 saturated carbocycles. The molecule has 1 radical (unpaired) electrons. The van der Waals surface area contributed by atoms with E-state index in [0.29, 0.717) is 11.1 Å². The highest BCUT2D eigenvalue weighted by Gasteiger charge is 2.04. The van der Waals surface area contributed by atoms with Gasteiger partial charge in [-0.3, -0.25) is 4.79 Å². The summed E-state index contributed by atoms with van der Waals surface area (Å²) in [7, 11) is 0. The maximum absolute atomic E-state index is 10.4. The van der Waals surface area contributed by atoms with Gasteiger partial charge >= 0.3 is 0 Å². The first-order valence-electron chi connectivity index (χ1n) is 6.12. The molecule has 3 heteroatoms. The molecule has 0 bridgehead atoms. The van der Waals surface area contributed by atoms with Gasteiger partial charge in [0.05, 0.1) is 6.61 Å². The van der Waals surface area contributed by atoms with Crippen molar-refractivity contribution in [1.82, 2.24) is 0 Å². The van der Waals surface area contributed by atoms with E-state index in [2.05, 4.69) is 11.8 Å². The van der Waals surface area contributed by atoms with Crippen LogP contribution in [0.4, 0.5) is 0 Å². The Hall–Kier alpha value is -2.41. The maximum Gasteiger partial charge on any atom is 0.233 e. The summed E-state index contributed by atoms with van der Waals surface area (Å²) in [6.45, 7) is -0.300. The minimum Gasteiger partial charge on any atom is -0.393 e. The van der Waals surface area contributed by atoms with Crippen molar-refractivity contribution in [1.29, 1.82) is 0 Å². The Kier molecular flexibility index (Phi) is 4.67. The number of benzene rings is 2. The average molecular weight is 265 g/mol. The molecule has 20 heavy (non-hydrogen) atoms. The summed E-state index contributed by atoms with van der Waals surface area (Å²) in [6.07, 6.45) is 0.951. The molecule has 0 saturated heterocycles. The fraction of sp³-hybridized carbons (Fsp3) is 0.118. The standard InChI is InChI=1S/C17H13O3/c18-11-15-5-3-13(4-6-15)1-2-14-7-9-16(10-8-14)17(20)12-19/h3-10,17,19-20H,12H2/t17-/m0/s1. The second kappa shape index (κ2) is 6.67. The predicted molar refractivity (Wildman–Crippen MR) is 75.7 cm³/mol. The van der Waals surface area contributed by atoms with Crippen molar-refractivity contribution >= 4 is 6.29 Å². The first-order valence-corrected chi connectivity index (χ1v) is 6.12. The van der Waals surface area contributed by atoms with Crippen molar-refractivity contribution in [2.24, 2.45) is 0 Å². The second-order valence-electron chi connectivity index (χ2n) is 4.25. The van der Waals surface area contributed by atoms with Gasteiger partial charge in [0.2, 0.25) is 6.29 Å². The van der Waals surface area contributed by atoms with Crippen molar-refractivity contribution in [3.8, 4) is 11.8 Å². The predicted octanol–water partition coefficient (Wildman–Crippen LogP) is 1.57. The Morgan fingerprint density at radius 3 is 1.75 bits per heavy atom. The topological polar surface area (TPSA) is 57.5 Å². The Bertz CT molecular complexity index is 631. The molecule has 2 rings (SSSR count). The Balaban J connectivity index is 2.13. The van der Waals surface area contributed by atoms with E-state index in [-0.39, 0.29) is 6.61 Å². The van der Waals surface area contributed by atoms with Crippen LogP contribution in [-0.2, 0) is 4.79 Å². The SMILES string of the molecule is O=[C]c1ccc(C#Cc2ccc([C@@H](O)CO)cc2)cc1. The van der Waals surface area contributed by atoms with E-state index in [1.54, 1.807) is 48.5 Å². The number of hydrogen-bond acceptors (Lipinski definition) is 3. The van der Waals surface area contributed by atoms with Crippen LogP contribution in [0.25, 0.3) is 0 Å². The molecular weight excluding hydrogens is 252 g/mol. The van der Waals surface area contributed by atoms with E-state index >= 15 is 0 Å². The molecule has 0 unspecified atom stereocenters. The summed E-state index contributed by atoms with van der Waals surface area (Å²) in [5.41, 5.74) is 2.77. The van der Waals surface area contributed by atoms with Crippen LogP contribution in [0.2, 0.25) is 0 Å². The van der Waals surface area contributed by atoms with Gasteiger partial charge in [-0.25, -0.2) is 0 Å². The van der Waals surface area contributed by atoms with Crippen LogP contribution in [0, 0.1) is 11.8 Å². The summed E-state index contributed by atoms with van der Waals surface area (Å²) in [5, 5.41) is 18.3. The fourth-order valence-corrected chi connectivity index (χ4v) is 1.66. The van der Waals surface area contributed by atoms with Crippen molar-refractivity contribution in [2.75, 3.05) is 6.61 Å². The first kappa shape index (κ1) is 14.0. The lowest BCUT2D eigenvalue weighted by Gasteiger charge is -2.06. The number of aliphatic hydroxyl groups is 2. The van der Waals surface area contributed by atoms with Gasteiger partial charge < -0.3 is 10.2 Å². The fourth-order valence-electron chi connectivity index (χ4n) is 1.66. The Morgan fingerprint density at radius 1 is 0.850 bits per heavy atom. The largest absolute Gasteiger partial charge is 0.393 e. The van der Waals surface area contributed by atoms with Crippen LogP contribution in [0.5, 0.6) is 0 Å². The molecule has 0 amide bonds. The minimum atomic E-state index is -0.857. The Labute approximate surface area is 117 Å². The third-order valence-corrected chi connectivity index (χ3v) is 2.82. The van der Waals surface area contributed by atoms with Crippen LogP contribution in [0.3, 0.4) is 0 Å². The summed E-state index contributed by atoms with van der Waals surface area (Å²) in [5.74, 6) is 5.97. The monoisotopic (exact) mass is 265 g/mol. The second-order valence-corrected chi connectivity index (χ2v) is 4.25. The van der Waals surface area contributed by atoms with Gasteiger partial charge in [0.15, 0.2) is 0 Å². The van der Waals surface area contributed by atoms with Crippen molar-refractivity contribution in [3.63, 3.8) is 0 Å². The molecule has 0 heterocycles. The van der Waals surface area contributed by atoms with Crippen LogP contribution >= 0.6 is 0 Å². The summed E-state index contributed by atoms with van der Waals surface area (Å²) >= 11 is 0. The third-order valence-electron chi connectivity index (χ3n) is 2.82. The van der Waals surface area contributed by atoms with Gasteiger partial charge in [-0.05, 0) is 42.0 Å².